The normalized spacial score (nSPS) is 14.0. The highest BCUT2D eigenvalue weighted by Gasteiger charge is 2.37. The van der Waals surface area contributed by atoms with Gasteiger partial charge in [-0.1, -0.05) is 18.3 Å². The van der Waals surface area contributed by atoms with E-state index in [0.717, 1.165) is 25.8 Å². The zero-order valence-corrected chi connectivity index (χ0v) is 14.4. The second kappa shape index (κ2) is 6.23. The van der Waals surface area contributed by atoms with Crippen molar-refractivity contribution in [2.45, 2.75) is 52.6 Å². The fourth-order valence-corrected chi connectivity index (χ4v) is 3.54. The molecular formula is C16H20N4O2S. The molecule has 1 amide bonds. The maximum Gasteiger partial charge on any atom is 0.280 e. The topological polar surface area (TPSA) is 68.1 Å². The first-order chi connectivity index (χ1) is 11.0. The minimum absolute atomic E-state index is 0.0123. The van der Waals surface area contributed by atoms with Crippen molar-refractivity contribution >= 4 is 28.2 Å². The average Bonchev–Trinajstić information content (AvgIpc) is 3.07. The Bertz CT molecular complexity index is 745. The average molecular weight is 332 g/mol. The van der Waals surface area contributed by atoms with Gasteiger partial charge in [-0.15, -0.1) is 0 Å². The fourth-order valence-electron chi connectivity index (χ4n) is 2.51. The summed E-state index contributed by atoms with van der Waals surface area (Å²) in [5, 5.41) is 4.96. The quantitative estimate of drug-likeness (QED) is 0.762. The van der Waals surface area contributed by atoms with Crippen LogP contribution in [0.1, 0.15) is 59.0 Å². The predicted molar refractivity (Wildman–Crippen MR) is 89.2 cm³/mol. The Balaban J connectivity index is 1.90. The molecule has 6 nitrogen and oxygen atoms in total. The zero-order chi connectivity index (χ0) is 16.6. The minimum atomic E-state index is -0.133. The number of ketones is 1. The van der Waals surface area contributed by atoms with Crippen molar-refractivity contribution in [2.75, 3.05) is 4.90 Å². The van der Waals surface area contributed by atoms with Crippen LogP contribution in [0.3, 0.4) is 0 Å². The SMILES string of the molecule is CCCn1ccc(C(=O)N(c2nc(C)c(C(C)=O)s2)C2CC2)n1. The smallest absolute Gasteiger partial charge is 0.280 e. The molecular weight excluding hydrogens is 312 g/mol. The molecule has 122 valence electrons. The third-order valence-corrected chi connectivity index (χ3v) is 5.01. The van der Waals surface area contributed by atoms with E-state index < -0.39 is 0 Å². The highest BCUT2D eigenvalue weighted by Crippen LogP contribution is 2.36. The number of amides is 1. The van der Waals surface area contributed by atoms with Gasteiger partial charge in [0.2, 0.25) is 0 Å². The number of aromatic nitrogens is 3. The molecule has 0 aromatic carbocycles. The summed E-state index contributed by atoms with van der Waals surface area (Å²) < 4.78 is 1.78. The molecule has 7 heteroatoms. The molecule has 2 aromatic rings. The Morgan fingerprint density at radius 3 is 2.74 bits per heavy atom. The van der Waals surface area contributed by atoms with Crippen LogP contribution in [0, 0.1) is 6.92 Å². The van der Waals surface area contributed by atoms with Crippen LogP contribution >= 0.6 is 11.3 Å². The molecule has 2 heterocycles. The number of anilines is 1. The number of carbonyl (C=O) groups excluding carboxylic acids is 2. The van der Waals surface area contributed by atoms with Crippen LogP contribution in [0.15, 0.2) is 12.3 Å². The lowest BCUT2D eigenvalue weighted by atomic mass is 10.3. The first-order valence-electron chi connectivity index (χ1n) is 7.86. The highest BCUT2D eigenvalue weighted by molar-refractivity contribution is 7.17. The number of aryl methyl sites for hydroxylation is 2. The number of Topliss-reactive ketones (excluding diaryl/α,β-unsaturated/α-hetero) is 1. The predicted octanol–water partition coefficient (Wildman–Crippen LogP) is 3.07. The third-order valence-electron chi connectivity index (χ3n) is 3.75. The monoisotopic (exact) mass is 332 g/mol. The van der Waals surface area contributed by atoms with Crippen LogP contribution in [0.2, 0.25) is 0 Å². The van der Waals surface area contributed by atoms with Gasteiger partial charge >= 0.3 is 0 Å². The van der Waals surface area contributed by atoms with Gasteiger partial charge in [0.25, 0.3) is 5.91 Å². The number of thiazole rings is 1. The summed E-state index contributed by atoms with van der Waals surface area (Å²) in [7, 11) is 0. The molecule has 0 spiro atoms. The van der Waals surface area contributed by atoms with Crippen molar-refractivity contribution in [3.63, 3.8) is 0 Å². The molecule has 1 saturated carbocycles. The molecule has 0 bridgehead atoms. The van der Waals surface area contributed by atoms with E-state index in [2.05, 4.69) is 17.0 Å². The van der Waals surface area contributed by atoms with E-state index in [-0.39, 0.29) is 17.7 Å². The van der Waals surface area contributed by atoms with Gasteiger partial charge in [-0.2, -0.15) is 5.10 Å². The lowest BCUT2D eigenvalue weighted by Gasteiger charge is -2.17. The van der Waals surface area contributed by atoms with Crippen molar-refractivity contribution in [3.05, 3.63) is 28.5 Å². The highest BCUT2D eigenvalue weighted by atomic mass is 32.1. The van der Waals surface area contributed by atoms with E-state index in [1.165, 1.54) is 18.3 Å². The summed E-state index contributed by atoms with van der Waals surface area (Å²) in [6, 6.07) is 1.92. The van der Waals surface area contributed by atoms with Gasteiger partial charge in [-0.05, 0) is 32.3 Å². The Hall–Kier alpha value is -2.02. The molecule has 1 aliphatic rings. The van der Waals surface area contributed by atoms with Gasteiger partial charge in [0.1, 0.15) is 0 Å². The summed E-state index contributed by atoms with van der Waals surface area (Å²) in [4.78, 5) is 31.3. The molecule has 0 aliphatic heterocycles. The van der Waals surface area contributed by atoms with Crippen LogP contribution in [0.5, 0.6) is 0 Å². The number of nitrogens with zero attached hydrogens (tertiary/aromatic N) is 4. The van der Waals surface area contributed by atoms with E-state index in [1.54, 1.807) is 15.6 Å². The Kier molecular flexibility index (Phi) is 4.30. The summed E-state index contributed by atoms with van der Waals surface area (Å²) >= 11 is 1.29. The molecule has 2 aromatic heterocycles. The molecule has 1 aliphatic carbocycles. The van der Waals surface area contributed by atoms with Gasteiger partial charge in [0.15, 0.2) is 16.6 Å². The van der Waals surface area contributed by atoms with Crippen molar-refractivity contribution in [1.82, 2.24) is 14.8 Å². The van der Waals surface area contributed by atoms with Crippen LogP contribution in [-0.4, -0.2) is 32.5 Å². The molecule has 0 saturated heterocycles. The molecule has 0 unspecified atom stereocenters. The third kappa shape index (κ3) is 3.19. The van der Waals surface area contributed by atoms with Crippen LogP contribution in [0.25, 0.3) is 0 Å². The lowest BCUT2D eigenvalue weighted by Crippen LogP contribution is -2.33. The number of rotatable bonds is 6. The largest absolute Gasteiger partial charge is 0.294 e. The van der Waals surface area contributed by atoms with Gasteiger partial charge in [0, 0.05) is 25.7 Å². The van der Waals surface area contributed by atoms with Gasteiger partial charge < -0.3 is 0 Å². The zero-order valence-electron chi connectivity index (χ0n) is 13.6. The van der Waals surface area contributed by atoms with Crippen LogP contribution in [-0.2, 0) is 6.54 Å². The van der Waals surface area contributed by atoms with Crippen molar-refractivity contribution in [2.24, 2.45) is 0 Å². The van der Waals surface area contributed by atoms with Crippen molar-refractivity contribution in [3.8, 4) is 0 Å². The van der Waals surface area contributed by atoms with Crippen molar-refractivity contribution in [1.29, 1.82) is 0 Å². The molecule has 0 radical (unpaired) electrons. The summed E-state index contributed by atoms with van der Waals surface area (Å²) in [5.41, 5.74) is 1.12. The second-order valence-electron chi connectivity index (χ2n) is 5.84. The Morgan fingerprint density at radius 1 is 1.43 bits per heavy atom. The standard InChI is InChI=1S/C16H20N4O2S/c1-4-8-19-9-7-13(18-19)15(22)20(12-5-6-12)16-17-10(2)14(23-16)11(3)21/h7,9,12H,4-6,8H2,1-3H3. The van der Waals surface area contributed by atoms with Gasteiger partial charge in [-0.25, -0.2) is 4.98 Å². The first kappa shape index (κ1) is 15.9. The number of hydrogen-bond donors (Lipinski definition) is 0. The maximum absolute atomic E-state index is 12.9. The van der Waals surface area contributed by atoms with Gasteiger partial charge in [0.05, 0.1) is 10.6 Å². The van der Waals surface area contributed by atoms with Gasteiger partial charge in [-0.3, -0.25) is 19.2 Å². The summed E-state index contributed by atoms with van der Waals surface area (Å²) in [6.07, 6.45) is 4.73. The first-order valence-corrected chi connectivity index (χ1v) is 8.68. The van der Waals surface area contributed by atoms with E-state index in [1.807, 2.05) is 13.1 Å². The number of hydrogen-bond acceptors (Lipinski definition) is 5. The molecule has 23 heavy (non-hydrogen) atoms. The minimum Gasteiger partial charge on any atom is -0.294 e. The van der Waals surface area contributed by atoms with E-state index >= 15 is 0 Å². The Morgan fingerprint density at radius 2 is 2.17 bits per heavy atom. The number of carbonyl (C=O) groups is 2. The van der Waals surface area contributed by atoms with E-state index in [9.17, 15) is 9.59 Å². The van der Waals surface area contributed by atoms with E-state index in [4.69, 9.17) is 0 Å². The molecule has 0 N–H and O–H groups in total. The maximum atomic E-state index is 12.9. The second-order valence-corrected chi connectivity index (χ2v) is 6.82. The van der Waals surface area contributed by atoms with Crippen LogP contribution < -0.4 is 4.90 Å². The molecule has 0 atom stereocenters. The molecule has 3 rings (SSSR count). The summed E-state index contributed by atoms with van der Waals surface area (Å²) in [5.74, 6) is -0.145. The van der Waals surface area contributed by atoms with Crippen LogP contribution in [0.4, 0.5) is 5.13 Å². The summed E-state index contributed by atoms with van der Waals surface area (Å²) in [6.45, 7) is 6.20. The van der Waals surface area contributed by atoms with Crippen molar-refractivity contribution < 1.29 is 9.59 Å². The lowest BCUT2D eigenvalue weighted by molar-refractivity contribution is 0.0978. The molecule has 1 fully saturated rings. The fraction of sp³-hybridized carbons (Fsp3) is 0.500. The van der Waals surface area contributed by atoms with E-state index in [0.29, 0.717) is 21.4 Å². The Labute approximate surface area is 139 Å².